The van der Waals surface area contributed by atoms with Gasteiger partial charge >= 0.3 is 0 Å². The van der Waals surface area contributed by atoms with Crippen LogP contribution in [0.15, 0.2) is 36.5 Å². The number of carbonyl (C=O) groups excluding carboxylic acids is 1. The fourth-order valence-electron chi connectivity index (χ4n) is 7.20. The number of hydrogen-bond donors (Lipinski definition) is 6. The van der Waals surface area contributed by atoms with Crippen LogP contribution in [0.4, 0.5) is 0 Å². The molecule has 0 saturated carbocycles. The van der Waals surface area contributed by atoms with Crippen molar-refractivity contribution in [3.63, 3.8) is 0 Å². The van der Waals surface area contributed by atoms with Gasteiger partial charge < -0.3 is 40.3 Å². The van der Waals surface area contributed by atoms with Crippen LogP contribution in [-0.4, -0.2) is 87.5 Å². The monoisotopic (exact) mass is 794 g/mol. The first kappa shape index (κ1) is 52.4. The standard InChI is InChI=1S/C47H87NO8/c1-3-5-7-9-11-13-15-17-19-20-21-22-23-25-27-29-31-33-35-37-43(51)48-40(39-55-47-46(54)45(53)44(52)42(38-49)56-47)41(50)36-34-32-30-28-26-24-18-16-14-12-10-8-6-4-2/h11,13,15,17,34,36,40-42,44-47,49-50,52-54H,3-10,12,14,16,18-33,35,37-39H2,1-2H3,(H,48,51)/b13-11-,17-15-,36-34+. The summed E-state index contributed by atoms with van der Waals surface area (Å²) in [4.78, 5) is 13.0. The summed E-state index contributed by atoms with van der Waals surface area (Å²) in [5.41, 5.74) is 0. The molecular formula is C47H87NO8. The van der Waals surface area contributed by atoms with Gasteiger partial charge in [0.25, 0.3) is 0 Å². The Labute approximate surface area is 342 Å². The van der Waals surface area contributed by atoms with Gasteiger partial charge in [0, 0.05) is 6.42 Å². The largest absolute Gasteiger partial charge is 0.394 e. The number of nitrogens with one attached hydrogen (secondary N) is 1. The molecule has 56 heavy (non-hydrogen) atoms. The van der Waals surface area contributed by atoms with E-state index in [-0.39, 0.29) is 12.5 Å². The summed E-state index contributed by atoms with van der Waals surface area (Å²) in [6, 6.07) is -0.804. The molecule has 0 bridgehead atoms. The Balaban J connectivity index is 2.34. The van der Waals surface area contributed by atoms with Gasteiger partial charge in [0.15, 0.2) is 6.29 Å². The zero-order valence-corrected chi connectivity index (χ0v) is 35.9. The second-order valence-corrected chi connectivity index (χ2v) is 16.2. The molecule has 9 heteroatoms. The van der Waals surface area contributed by atoms with Crippen LogP contribution in [0.2, 0.25) is 0 Å². The van der Waals surface area contributed by atoms with Crippen molar-refractivity contribution >= 4 is 5.91 Å². The van der Waals surface area contributed by atoms with Gasteiger partial charge in [-0.3, -0.25) is 4.79 Å². The molecule has 0 aromatic carbocycles. The maximum absolute atomic E-state index is 13.0. The van der Waals surface area contributed by atoms with E-state index in [0.717, 1.165) is 44.9 Å². The number of allylic oxidation sites excluding steroid dienone is 5. The summed E-state index contributed by atoms with van der Waals surface area (Å²) >= 11 is 0. The van der Waals surface area contributed by atoms with Crippen molar-refractivity contribution in [2.75, 3.05) is 13.2 Å². The maximum atomic E-state index is 13.0. The molecule has 1 saturated heterocycles. The zero-order valence-electron chi connectivity index (χ0n) is 35.9. The average Bonchev–Trinajstić information content (AvgIpc) is 3.20. The molecule has 0 aromatic rings. The van der Waals surface area contributed by atoms with Crippen molar-refractivity contribution in [3.8, 4) is 0 Å². The first-order chi connectivity index (χ1) is 27.3. The lowest BCUT2D eigenvalue weighted by atomic mass is 9.99. The Bertz CT molecular complexity index is 972. The second-order valence-electron chi connectivity index (χ2n) is 16.2. The van der Waals surface area contributed by atoms with Crippen LogP contribution >= 0.6 is 0 Å². The number of rotatable bonds is 38. The third-order valence-corrected chi connectivity index (χ3v) is 11.0. The van der Waals surface area contributed by atoms with Crippen LogP contribution in [0.5, 0.6) is 0 Å². The molecule has 1 aliphatic rings. The normalized spacial score (nSPS) is 21.4. The molecule has 7 unspecified atom stereocenters. The van der Waals surface area contributed by atoms with Crippen LogP contribution in [0, 0.1) is 0 Å². The summed E-state index contributed by atoms with van der Waals surface area (Å²) < 4.78 is 11.2. The Hall–Kier alpha value is -1.59. The highest BCUT2D eigenvalue weighted by atomic mass is 16.7. The van der Waals surface area contributed by atoms with E-state index in [9.17, 15) is 30.3 Å². The maximum Gasteiger partial charge on any atom is 0.220 e. The van der Waals surface area contributed by atoms with E-state index in [1.54, 1.807) is 6.08 Å². The zero-order chi connectivity index (χ0) is 40.9. The van der Waals surface area contributed by atoms with Crippen molar-refractivity contribution < 1.29 is 39.8 Å². The topological polar surface area (TPSA) is 149 Å². The summed E-state index contributed by atoms with van der Waals surface area (Å²) in [6.45, 7) is 3.74. The quantitative estimate of drug-likeness (QED) is 0.0206. The highest BCUT2D eigenvalue weighted by molar-refractivity contribution is 5.76. The predicted molar refractivity (Wildman–Crippen MR) is 230 cm³/mol. The molecule has 1 aliphatic heterocycles. The Morgan fingerprint density at radius 1 is 0.607 bits per heavy atom. The van der Waals surface area contributed by atoms with Crippen molar-refractivity contribution in [1.29, 1.82) is 0 Å². The Morgan fingerprint density at radius 3 is 1.54 bits per heavy atom. The Kier molecular flexibility index (Phi) is 35.3. The molecule has 1 heterocycles. The third kappa shape index (κ3) is 27.9. The molecule has 1 rings (SSSR count). The first-order valence-corrected chi connectivity index (χ1v) is 23.2. The fraction of sp³-hybridized carbons (Fsp3) is 0.851. The molecule has 328 valence electrons. The highest BCUT2D eigenvalue weighted by Gasteiger charge is 2.44. The number of ether oxygens (including phenoxy) is 2. The molecule has 1 amide bonds. The summed E-state index contributed by atoms with van der Waals surface area (Å²) in [5, 5.41) is 54.2. The van der Waals surface area contributed by atoms with Gasteiger partial charge in [-0.05, 0) is 44.9 Å². The third-order valence-electron chi connectivity index (χ3n) is 11.0. The van der Waals surface area contributed by atoms with Crippen molar-refractivity contribution in [2.24, 2.45) is 0 Å². The lowest BCUT2D eigenvalue weighted by Crippen LogP contribution is -2.60. The van der Waals surface area contributed by atoms with Crippen LogP contribution in [0.3, 0.4) is 0 Å². The van der Waals surface area contributed by atoms with E-state index >= 15 is 0 Å². The smallest absolute Gasteiger partial charge is 0.220 e. The highest BCUT2D eigenvalue weighted by Crippen LogP contribution is 2.22. The van der Waals surface area contributed by atoms with E-state index in [1.807, 2.05) is 6.08 Å². The minimum absolute atomic E-state index is 0.182. The van der Waals surface area contributed by atoms with Gasteiger partial charge in [0.05, 0.1) is 25.4 Å². The fourth-order valence-corrected chi connectivity index (χ4v) is 7.20. The van der Waals surface area contributed by atoms with E-state index in [4.69, 9.17) is 9.47 Å². The predicted octanol–water partition coefficient (Wildman–Crippen LogP) is 9.67. The van der Waals surface area contributed by atoms with Crippen molar-refractivity contribution in [3.05, 3.63) is 36.5 Å². The number of hydrogen-bond acceptors (Lipinski definition) is 8. The minimum Gasteiger partial charge on any atom is -0.394 e. The van der Waals surface area contributed by atoms with E-state index in [1.165, 1.54) is 135 Å². The number of amides is 1. The van der Waals surface area contributed by atoms with Crippen molar-refractivity contribution in [2.45, 2.75) is 243 Å². The van der Waals surface area contributed by atoms with Gasteiger partial charge in [-0.25, -0.2) is 0 Å². The number of carbonyl (C=O) groups is 1. The van der Waals surface area contributed by atoms with E-state index in [2.05, 4.69) is 43.5 Å². The molecule has 0 spiro atoms. The number of unbranched alkanes of at least 4 members (excludes halogenated alkanes) is 25. The summed E-state index contributed by atoms with van der Waals surface area (Å²) in [7, 11) is 0. The molecule has 0 aromatic heterocycles. The lowest BCUT2D eigenvalue weighted by molar-refractivity contribution is -0.302. The van der Waals surface area contributed by atoms with Crippen LogP contribution in [0.1, 0.15) is 200 Å². The Morgan fingerprint density at radius 2 is 1.04 bits per heavy atom. The lowest BCUT2D eigenvalue weighted by Gasteiger charge is -2.40. The molecule has 6 N–H and O–H groups in total. The second kappa shape index (κ2) is 37.7. The van der Waals surface area contributed by atoms with Crippen LogP contribution in [-0.2, 0) is 14.3 Å². The SMILES string of the molecule is CCCCC/C=C\C=C/CCCCCCCCCCCCC(=O)NC(COC1OC(CO)C(O)C(O)C1O)C(O)/C=C/CCCCCCCCCCCCCC. The molecule has 0 aliphatic carbocycles. The molecule has 0 radical (unpaired) electrons. The van der Waals surface area contributed by atoms with E-state index in [0.29, 0.717) is 6.42 Å². The summed E-state index contributed by atoms with van der Waals surface area (Å²) in [6.07, 6.45) is 38.9. The number of aliphatic hydroxyl groups is 5. The average molecular weight is 794 g/mol. The van der Waals surface area contributed by atoms with Gasteiger partial charge in [-0.1, -0.05) is 185 Å². The molecule has 1 fully saturated rings. The number of aliphatic hydroxyl groups excluding tert-OH is 5. The molecule has 7 atom stereocenters. The van der Waals surface area contributed by atoms with Gasteiger partial charge in [0.2, 0.25) is 5.91 Å². The first-order valence-electron chi connectivity index (χ1n) is 23.2. The summed E-state index contributed by atoms with van der Waals surface area (Å²) in [5.74, 6) is -0.182. The minimum atomic E-state index is -1.57. The van der Waals surface area contributed by atoms with Crippen LogP contribution in [0.25, 0.3) is 0 Å². The molecular weight excluding hydrogens is 707 g/mol. The van der Waals surface area contributed by atoms with Crippen LogP contribution < -0.4 is 5.32 Å². The van der Waals surface area contributed by atoms with Gasteiger partial charge in [0.1, 0.15) is 24.4 Å². The molecule has 9 nitrogen and oxygen atoms in total. The van der Waals surface area contributed by atoms with Gasteiger partial charge in [-0.15, -0.1) is 0 Å². The van der Waals surface area contributed by atoms with Gasteiger partial charge in [-0.2, -0.15) is 0 Å². The van der Waals surface area contributed by atoms with E-state index < -0.39 is 49.5 Å². The van der Waals surface area contributed by atoms with Crippen molar-refractivity contribution in [1.82, 2.24) is 5.32 Å².